The molecule has 1 nitrogen and oxygen atoms in total. The molecule has 0 N–H and O–H groups in total. The van der Waals surface area contributed by atoms with Crippen LogP contribution in [0.3, 0.4) is 0 Å². The van der Waals surface area contributed by atoms with E-state index in [1.54, 1.807) is 0 Å². The molecule has 1 fully saturated rings. The van der Waals surface area contributed by atoms with E-state index in [2.05, 4.69) is 52.1 Å². The van der Waals surface area contributed by atoms with Gasteiger partial charge in [-0.3, -0.25) is 0 Å². The number of hydrogen-bond donors (Lipinski definition) is 0. The van der Waals surface area contributed by atoms with Gasteiger partial charge in [-0.05, 0) is 56.6 Å². The Hall–Kier alpha value is -0.340. The molecule has 1 heterocycles. The van der Waals surface area contributed by atoms with Crippen molar-refractivity contribution in [1.29, 1.82) is 0 Å². The summed E-state index contributed by atoms with van der Waals surface area (Å²) in [5.41, 5.74) is 1.49. The normalized spacial score (nSPS) is 19.9. The Kier molecular flexibility index (Phi) is 3.24. The molecule has 0 bridgehead atoms. The number of benzene rings is 1. The molecule has 0 unspecified atom stereocenters. The van der Waals surface area contributed by atoms with E-state index in [1.165, 1.54) is 36.0 Å². The Morgan fingerprint density at radius 3 is 2.64 bits per heavy atom. The lowest BCUT2D eigenvalue weighted by atomic mass is 9.90. The maximum atomic E-state index is 3.53. The van der Waals surface area contributed by atoms with Crippen LogP contribution in [0.15, 0.2) is 28.7 Å². The summed E-state index contributed by atoms with van der Waals surface area (Å²) in [6.45, 7) is 2.47. The predicted molar refractivity (Wildman–Crippen MR) is 63.6 cm³/mol. The number of likely N-dealkylation sites (tertiary alicyclic amines) is 1. The highest BCUT2D eigenvalue weighted by molar-refractivity contribution is 9.10. The minimum Gasteiger partial charge on any atom is -0.306 e. The first-order valence-corrected chi connectivity index (χ1v) is 5.99. The van der Waals surface area contributed by atoms with E-state index < -0.39 is 0 Å². The van der Waals surface area contributed by atoms with Crippen LogP contribution < -0.4 is 0 Å². The molecular weight excluding hydrogens is 238 g/mol. The third-order valence-electron chi connectivity index (χ3n) is 3.04. The Labute approximate surface area is 94.2 Å². The lowest BCUT2D eigenvalue weighted by Crippen LogP contribution is -2.29. The molecule has 1 aliphatic heterocycles. The summed E-state index contributed by atoms with van der Waals surface area (Å²) in [7, 11) is 2.21. The van der Waals surface area contributed by atoms with E-state index in [9.17, 15) is 0 Å². The van der Waals surface area contributed by atoms with Crippen LogP contribution in [0.4, 0.5) is 0 Å². The molecule has 1 aliphatic rings. The molecule has 0 radical (unpaired) electrons. The zero-order valence-electron chi connectivity index (χ0n) is 8.54. The lowest BCUT2D eigenvalue weighted by Gasteiger charge is -2.29. The fraction of sp³-hybridized carbons (Fsp3) is 0.500. The van der Waals surface area contributed by atoms with E-state index in [-0.39, 0.29) is 0 Å². The number of halogens is 1. The molecular formula is C12H16BrN. The Balaban J connectivity index is 2.08. The maximum Gasteiger partial charge on any atom is 0.0178 e. The van der Waals surface area contributed by atoms with Gasteiger partial charge in [0.05, 0.1) is 0 Å². The van der Waals surface area contributed by atoms with Gasteiger partial charge in [0, 0.05) is 4.47 Å². The van der Waals surface area contributed by atoms with Crippen molar-refractivity contribution in [2.75, 3.05) is 20.1 Å². The molecule has 0 atom stereocenters. The van der Waals surface area contributed by atoms with Crippen LogP contribution in [-0.2, 0) is 0 Å². The third kappa shape index (κ3) is 2.37. The van der Waals surface area contributed by atoms with E-state index in [1.807, 2.05) is 0 Å². The maximum absolute atomic E-state index is 3.53. The van der Waals surface area contributed by atoms with E-state index in [0.717, 1.165) is 5.92 Å². The third-order valence-corrected chi connectivity index (χ3v) is 3.53. The number of hydrogen-bond acceptors (Lipinski definition) is 1. The zero-order valence-corrected chi connectivity index (χ0v) is 10.1. The van der Waals surface area contributed by atoms with Crippen LogP contribution in [0.1, 0.15) is 24.3 Å². The second-order valence-corrected chi connectivity index (χ2v) is 5.05. The molecule has 0 aliphatic carbocycles. The molecule has 1 aromatic carbocycles. The van der Waals surface area contributed by atoms with Crippen molar-refractivity contribution in [3.05, 3.63) is 34.3 Å². The molecule has 14 heavy (non-hydrogen) atoms. The highest BCUT2D eigenvalue weighted by atomic mass is 79.9. The monoisotopic (exact) mass is 253 g/mol. The minimum absolute atomic E-state index is 0.767. The van der Waals surface area contributed by atoms with Gasteiger partial charge in [0.1, 0.15) is 0 Å². The molecule has 0 aromatic heterocycles. The van der Waals surface area contributed by atoms with Gasteiger partial charge in [0.25, 0.3) is 0 Å². The summed E-state index contributed by atoms with van der Waals surface area (Å²) >= 11 is 3.53. The summed E-state index contributed by atoms with van der Waals surface area (Å²) in [6.07, 6.45) is 2.60. The van der Waals surface area contributed by atoms with Gasteiger partial charge < -0.3 is 4.90 Å². The summed E-state index contributed by atoms with van der Waals surface area (Å²) in [5.74, 6) is 0.767. The fourth-order valence-electron chi connectivity index (χ4n) is 2.10. The van der Waals surface area contributed by atoms with Crippen LogP contribution in [0, 0.1) is 0 Å². The summed E-state index contributed by atoms with van der Waals surface area (Å²) in [6, 6.07) is 8.74. The molecule has 2 heteroatoms. The highest BCUT2D eigenvalue weighted by Crippen LogP contribution is 2.28. The summed E-state index contributed by atoms with van der Waals surface area (Å²) < 4.78 is 1.20. The zero-order chi connectivity index (χ0) is 9.97. The van der Waals surface area contributed by atoms with Crippen molar-refractivity contribution in [1.82, 2.24) is 4.90 Å². The van der Waals surface area contributed by atoms with Crippen LogP contribution in [0.5, 0.6) is 0 Å². The molecule has 0 spiro atoms. The van der Waals surface area contributed by atoms with E-state index in [4.69, 9.17) is 0 Å². The standard InChI is InChI=1S/C12H16BrN/c1-14-7-5-10(6-8-14)11-3-2-4-12(13)9-11/h2-4,9-10H,5-8H2,1H3. The van der Waals surface area contributed by atoms with Crippen LogP contribution in [-0.4, -0.2) is 25.0 Å². The van der Waals surface area contributed by atoms with Crippen LogP contribution >= 0.6 is 15.9 Å². The number of nitrogens with zero attached hydrogens (tertiary/aromatic N) is 1. The van der Waals surface area contributed by atoms with Crippen LogP contribution in [0.2, 0.25) is 0 Å². The van der Waals surface area contributed by atoms with Gasteiger partial charge in [-0.2, -0.15) is 0 Å². The summed E-state index contributed by atoms with van der Waals surface area (Å²) in [4.78, 5) is 2.41. The quantitative estimate of drug-likeness (QED) is 0.743. The SMILES string of the molecule is CN1CCC(c2cccc(Br)c2)CC1. The minimum atomic E-state index is 0.767. The molecule has 1 aromatic rings. The van der Waals surface area contributed by atoms with E-state index >= 15 is 0 Å². The van der Waals surface area contributed by atoms with Crippen molar-refractivity contribution >= 4 is 15.9 Å². The average Bonchev–Trinajstić information content (AvgIpc) is 2.19. The first kappa shape index (κ1) is 10.2. The van der Waals surface area contributed by atoms with Gasteiger partial charge in [0.15, 0.2) is 0 Å². The molecule has 1 saturated heterocycles. The van der Waals surface area contributed by atoms with Gasteiger partial charge in [-0.15, -0.1) is 0 Å². The Morgan fingerprint density at radius 2 is 2.00 bits per heavy atom. The van der Waals surface area contributed by atoms with Gasteiger partial charge >= 0.3 is 0 Å². The predicted octanol–water partition coefficient (Wildman–Crippen LogP) is 3.26. The van der Waals surface area contributed by atoms with Crippen molar-refractivity contribution < 1.29 is 0 Å². The number of piperidine rings is 1. The van der Waals surface area contributed by atoms with E-state index in [0.29, 0.717) is 0 Å². The smallest absolute Gasteiger partial charge is 0.0178 e. The lowest BCUT2D eigenvalue weighted by molar-refractivity contribution is 0.255. The van der Waals surface area contributed by atoms with Gasteiger partial charge in [-0.25, -0.2) is 0 Å². The summed E-state index contributed by atoms with van der Waals surface area (Å²) in [5, 5.41) is 0. The molecule has 76 valence electrons. The van der Waals surface area contributed by atoms with Gasteiger partial charge in [-0.1, -0.05) is 28.1 Å². The molecule has 0 amide bonds. The van der Waals surface area contributed by atoms with Crippen molar-refractivity contribution in [2.45, 2.75) is 18.8 Å². The number of rotatable bonds is 1. The average molecular weight is 254 g/mol. The Bertz CT molecular complexity index is 303. The second-order valence-electron chi connectivity index (χ2n) is 4.13. The molecule has 2 rings (SSSR count). The first-order valence-electron chi connectivity index (χ1n) is 5.20. The largest absolute Gasteiger partial charge is 0.306 e. The second kappa shape index (κ2) is 4.45. The van der Waals surface area contributed by atoms with Crippen LogP contribution in [0.25, 0.3) is 0 Å². The van der Waals surface area contributed by atoms with Crippen molar-refractivity contribution in [3.8, 4) is 0 Å². The fourth-order valence-corrected chi connectivity index (χ4v) is 2.52. The Morgan fingerprint density at radius 1 is 1.29 bits per heavy atom. The highest BCUT2D eigenvalue weighted by Gasteiger charge is 2.17. The van der Waals surface area contributed by atoms with Gasteiger partial charge in [0.2, 0.25) is 0 Å². The molecule has 0 saturated carbocycles. The van der Waals surface area contributed by atoms with Crippen molar-refractivity contribution in [3.63, 3.8) is 0 Å². The topological polar surface area (TPSA) is 3.24 Å². The van der Waals surface area contributed by atoms with Crippen molar-refractivity contribution in [2.24, 2.45) is 0 Å². The first-order chi connectivity index (χ1) is 6.75.